The lowest BCUT2D eigenvalue weighted by molar-refractivity contribution is 0.0420. The van der Waals surface area contributed by atoms with Gasteiger partial charge in [0.1, 0.15) is 0 Å². The molecule has 1 unspecified atom stereocenters. The Kier molecular flexibility index (Phi) is 8.49. The lowest BCUT2D eigenvalue weighted by Crippen LogP contribution is -2.37. The monoisotopic (exact) mass is 354 g/mol. The zero-order valence-corrected chi connectivity index (χ0v) is 15.8. The first-order chi connectivity index (χ1) is 11.7. The fraction of sp³-hybridized carbons (Fsp3) is 0.765. The number of guanidine groups is 1. The Hall–Kier alpha value is -1.18. The van der Waals surface area contributed by atoms with E-state index >= 15 is 0 Å². The number of nitrogens with zero attached hydrogens (tertiary/aromatic N) is 2. The number of ether oxygens (including phenoxy) is 2. The molecule has 1 fully saturated rings. The topological polar surface area (TPSA) is 67.8 Å². The van der Waals surface area contributed by atoms with Crippen molar-refractivity contribution in [1.82, 2.24) is 15.6 Å². The first-order valence-corrected chi connectivity index (χ1v) is 9.56. The van der Waals surface area contributed by atoms with Crippen LogP contribution >= 0.6 is 11.3 Å². The van der Waals surface area contributed by atoms with Gasteiger partial charge in [-0.15, -0.1) is 11.3 Å². The van der Waals surface area contributed by atoms with Crippen LogP contribution < -0.4 is 10.6 Å². The second kappa shape index (κ2) is 10.6. The minimum atomic E-state index is 0.286. The molecule has 0 amide bonds. The highest BCUT2D eigenvalue weighted by atomic mass is 32.1. The molecule has 0 spiro atoms. The zero-order valence-electron chi connectivity index (χ0n) is 15.0. The minimum Gasteiger partial charge on any atom is -0.379 e. The third-order valence-electron chi connectivity index (χ3n) is 3.69. The molecular weight excluding hydrogens is 324 g/mol. The molecule has 2 rings (SSSR count). The summed E-state index contributed by atoms with van der Waals surface area (Å²) in [5, 5.41) is 7.86. The molecule has 0 aliphatic carbocycles. The molecule has 0 aromatic carbocycles. The molecule has 0 radical (unpaired) electrons. The van der Waals surface area contributed by atoms with E-state index in [9.17, 15) is 0 Å². The van der Waals surface area contributed by atoms with Gasteiger partial charge in [0.25, 0.3) is 0 Å². The van der Waals surface area contributed by atoms with Gasteiger partial charge in [-0.2, -0.15) is 0 Å². The maximum Gasteiger partial charge on any atom is 0.191 e. The van der Waals surface area contributed by atoms with Crippen LogP contribution in [0.2, 0.25) is 0 Å². The van der Waals surface area contributed by atoms with Crippen molar-refractivity contribution in [1.29, 1.82) is 0 Å². The van der Waals surface area contributed by atoms with E-state index in [2.05, 4.69) is 34.5 Å². The van der Waals surface area contributed by atoms with E-state index in [1.807, 2.05) is 6.20 Å². The van der Waals surface area contributed by atoms with Gasteiger partial charge in [-0.25, -0.2) is 4.98 Å². The van der Waals surface area contributed by atoms with Gasteiger partial charge in [-0.1, -0.05) is 13.8 Å². The summed E-state index contributed by atoms with van der Waals surface area (Å²) in [7, 11) is 1.79. The molecule has 1 aromatic rings. The van der Waals surface area contributed by atoms with Crippen LogP contribution in [0.15, 0.2) is 11.2 Å². The van der Waals surface area contributed by atoms with E-state index in [1.165, 1.54) is 9.88 Å². The summed E-state index contributed by atoms with van der Waals surface area (Å²) in [6.45, 7) is 8.36. The SMILES string of the molecule is CN=C(NCCCOC1CCOC1)NCc1cnc(CC(C)C)s1. The van der Waals surface area contributed by atoms with Crippen molar-refractivity contribution in [2.75, 3.05) is 33.4 Å². The Balaban J connectivity index is 1.58. The lowest BCUT2D eigenvalue weighted by Gasteiger charge is -2.12. The largest absolute Gasteiger partial charge is 0.379 e. The van der Waals surface area contributed by atoms with Gasteiger partial charge in [0.05, 0.1) is 24.3 Å². The summed E-state index contributed by atoms with van der Waals surface area (Å²) >= 11 is 1.77. The fourth-order valence-corrected chi connectivity index (χ4v) is 3.51. The van der Waals surface area contributed by atoms with Crippen LogP contribution in [0.3, 0.4) is 0 Å². The van der Waals surface area contributed by atoms with E-state index < -0.39 is 0 Å². The standard InChI is InChI=1S/C17H30N4O2S/c1-13(2)9-16-20-10-15(24-16)11-21-17(18-3)19-6-4-7-23-14-5-8-22-12-14/h10,13-14H,4-9,11-12H2,1-3H3,(H2,18,19,21). The van der Waals surface area contributed by atoms with Crippen LogP contribution in [0.1, 0.15) is 36.6 Å². The van der Waals surface area contributed by atoms with E-state index in [0.717, 1.165) is 58.1 Å². The molecular formula is C17H30N4O2S. The lowest BCUT2D eigenvalue weighted by atomic mass is 10.1. The smallest absolute Gasteiger partial charge is 0.191 e. The number of aromatic nitrogens is 1. The Morgan fingerprint density at radius 2 is 2.38 bits per heavy atom. The number of nitrogens with one attached hydrogen (secondary N) is 2. The summed E-state index contributed by atoms with van der Waals surface area (Å²) in [4.78, 5) is 9.96. The summed E-state index contributed by atoms with van der Waals surface area (Å²) < 4.78 is 11.0. The van der Waals surface area contributed by atoms with Gasteiger partial charge in [0, 0.05) is 44.3 Å². The highest BCUT2D eigenvalue weighted by molar-refractivity contribution is 7.11. The van der Waals surface area contributed by atoms with Crippen LogP contribution in [0.25, 0.3) is 0 Å². The van der Waals surface area contributed by atoms with E-state index in [0.29, 0.717) is 5.92 Å². The predicted octanol–water partition coefficient (Wildman–Crippen LogP) is 2.20. The Morgan fingerprint density at radius 3 is 3.08 bits per heavy atom. The molecule has 1 aliphatic rings. The molecule has 0 bridgehead atoms. The summed E-state index contributed by atoms with van der Waals surface area (Å²) in [6, 6.07) is 0. The second-order valence-electron chi connectivity index (χ2n) is 6.38. The molecule has 7 heteroatoms. The molecule has 1 aromatic heterocycles. The van der Waals surface area contributed by atoms with Gasteiger partial charge in [-0.3, -0.25) is 4.99 Å². The maximum atomic E-state index is 5.75. The van der Waals surface area contributed by atoms with Crippen molar-refractivity contribution in [3.8, 4) is 0 Å². The van der Waals surface area contributed by atoms with E-state index in [-0.39, 0.29) is 6.10 Å². The average Bonchev–Trinajstić information content (AvgIpc) is 3.21. The first kappa shape index (κ1) is 19.1. The van der Waals surface area contributed by atoms with Crippen molar-refractivity contribution in [3.63, 3.8) is 0 Å². The summed E-state index contributed by atoms with van der Waals surface area (Å²) in [5.74, 6) is 1.46. The highest BCUT2D eigenvalue weighted by Crippen LogP contribution is 2.16. The number of rotatable bonds is 9. The second-order valence-corrected chi connectivity index (χ2v) is 7.58. The van der Waals surface area contributed by atoms with Gasteiger partial charge >= 0.3 is 0 Å². The van der Waals surface area contributed by atoms with Crippen molar-refractivity contribution in [3.05, 3.63) is 16.1 Å². The number of hydrogen-bond acceptors (Lipinski definition) is 5. The third kappa shape index (κ3) is 7.15. The molecule has 136 valence electrons. The molecule has 2 N–H and O–H groups in total. The normalized spacial score (nSPS) is 18.3. The summed E-state index contributed by atoms with van der Waals surface area (Å²) in [6.07, 6.45) is 5.26. The van der Waals surface area contributed by atoms with E-state index in [1.54, 1.807) is 18.4 Å². The van der Waals surface area contributed by atoms with Gasteiger partial charge in [-0.05, 0) is 18.8 Å². The molecule has 1 aliphatic heterocycles. The van der Waals surface area contributed by atoms with Crippen molar-refractivity contribution in [2.24, 2.45) is 10.9 Å². The molecule has 0 saturated carbocycles. The number of hydrogen-bond donors (Lipinski definition) is 2. The Morgan fingerprint density at radius 1 is 1.50 bits per heavy atom. The number of aliphatic imine (C=N–C) groups is 1. The van der Waals surface area contributed by atoms with Crippen LogP contribution in [0.4, 0.5) is 0 Å². The fourth-order valence-electron chi connectivity index (χ4n) is 2.44. The molecule has 6 nitrogen and oxygen atoms in total. The average molecular weight is 355 g/mol. The molecule has 1 saturated heterocycles. The Bertz CT molecular complexity index is 499. The molecule has 24 heavy (non-hydrogen) atoms. The predicted molar refractivity (Wildman–Crippen MR) is 98.7 cm³/mol. The maximum absolute atomic E-state index is 5.75. The Labute approximate surface area is 149 Å². The molecule has 1 atom stereocenters. The summed E-state index contributed by atoms with van der Waals surface area (Å²) in [5.41, 5.74) is 0. The van der Waals surface area contributed by atoms with Crippen LogP contribution in [0, 0.1) is 5.92 Å². The first-order valence-electron chi connectivity index (χ1n) is 8.74. The van der Waals surface area contributed by atoms with Crippen molar-refractivity contribution < 1.29 is 9.47 Å². The highest BCUT2D eigenvalue weighted by Gasteiger charge is 2.15. The van der Waals surface area contributed by atoms with Gasteiger partial charge in [0.2, 0.25) is 0 Å². The minimum absolute atomic E-state index is 0.286. The van der Waals surface area contributed by atoms with Gasteiger partial charge < -0.3 is 20.1 Å². The van der Waals surface area contributed by atoms with Crippen LogP contribution in [-0.4, -0.2) is 50.5 Å². The van der Waals surface area contributed by atoms with E-state index in [4.69, 9.17) is 9.47 Å². The van der Waals surface area contributed by atoms with Crippen molar-refractivity contribution in [2.45, 2.75) is 45.8 Å². The zero-order chi connectivity index (χ0) is 17.2. The third-order valence-corrected chi connectivity index (χ3v) is 4.71. The molecule has 2 heterocycles. The van der Waals surface area contributed by atoms with Gasteiger partial charge in [0.15, 0.2) is 5.96 Å². The van der Waals surface area contributed by atoms with Crippen LogP contribution in [-0.2, 0) is 22.4 Å². The quantitative estimate of drug-likeness (QED) is 0.404. The van der Waals surface area contributed by atoms with Crippen LogP contribution in [0.5, 0.6) is 0 Å². The number of thiazole rings is 1. The van der Waals surface area contributed by atoms with Crippen molar-refractivity contribution >= 4 is 17.3 Å².